The molecule has 0 radical (unpaired) electrons. The molecular weight excluding hydrogens is 675 g/mol. The number of rotatable bonds is 28. The van der Waals surface area contributed by atoms with Crippen LogP contribution in [0.5, 0.6) is 0 Å². The topological polar surface area (TPSA) is 84.2 Å². The molecule has 55 heavy (non-hydrogen) atoms. The van der Waals surface area contributed by atoms with Gasteiger partial charge in [-0.25, -0.2) is 0 Å². The molecule has 0 fully saturated rings. The van der Waals surface area contributed by atoms with Gasteiger partial charge < -0.3 is 37.2 Å². The standard InChI is InChI=1S/C11H17N.2C8H19N.2C6H15N.C5H13N.C4H11N/c1-2-3-9-12-10-11-7-5-4-6-8-11;1-5-7(3)9-8(4)6-2;1-3-5-7-9-8-6-4-2;1-3-5-6-7-4-2;1-3-5-7-6-4-2;1-3-4-5-6-2;1-3-4-5-2/h4-8,12H,2-3,9-10H2,1H3;7-9H,5-6H2,1-4H3;9H,3-8H2,1-2H3;2*7H,3-6H2,1-2H3;6H,3-5H2,1-2H3;5H,3-4H2,1-2H3. The molecule has 0 spiro atoms. The van der Waals surface area contributed by atoms with Crippen molar-refractivity contribution >= 4 is 0 Å². The van der Waals surface area contributed by atoms with Crippen molar-refractivity contribution in [1.82, 2.24) is 37.2 Å². The third-order valence-electron chi connectivity index (χ3n) is 8.18. The fraction of sp³-hybridized carbons (Fsp3) is 0.875. The van der Waals surface area contributed by atoms with Crippen molar-refractivity contribution in [3.63, 3.8) is 0 Å². The van der Waals surface area contributed by atoms with E-state index in [0.29, 0.717) is 12.1 Å². The highest BCUT2D eigenvalue weighted by atomic mass is 14.9. The lowest BCUT2D eigenvalue weighted by Gasteiger charge is -2.16. The van der Waals surface area contributed by atoms with E-state index in [1.54, 1.807) is 0 Å². The zero-order valence-electron chi connectivity index (χ0n) is 40.7. The second-order valence-electron chi connectivity index (χ2n) is 14.3. The highest BCUT2D eigenvalue weighted by Crippen LogP contribution is 1.97. The Hall–Kier alpha value is -1.06. The lowest BCUT2D eigenvalue weighted by Crippen LogP contribution is -2.33. The van der Waals surface area contributed by atoms with Crippen molar-refractivity contribution in [2.75, 3.05) is 73.0 Å². The molecule has 2 atom stereocenters. The number of hydrogen-bond donors (Lipinski definition) is 7. The number of nitrogens with one attached hydrogen (secondary N) is 7. The van der Waals surface area contributed by atoms with Gasteiger partial charge in [-0.3, -0.25) is 0 Å². The van der Waals surface area contributed by atoms with E-state index >= 15 is 0 Å². The maximum absolute atomic E-state index is 3.48. The van der Waals surface area contributed by atoms with Crippen molar-refractivity contribution in [2.24, 2.45) is 0 Å². The van der Waals surface area contributed by atoms with Crippen LogP contribution < -0.4 is 37.2 Å². The van der Waals surface area contributed by atoms with Gasteiger partial charge in [-0.2, -0.15) is 0 Å². The van der Waals surface area contributed by atoms with Crippen LogP contribution in [0.4, 0.5) is 0 Å². The summed E-state index contributed by atoms with van der Waals surface area (Å²) in [5.41, 5.74) is 1.37. The molecule has 0 heterocycles. The van der Waals surface area contributed by atoms with Crippen molar-refractivity contribution < 1.29 is 0 Å². The van der Waals surface area contributed by atoms with Gasteiger partial charge in [-0.1, -0.05) is 139 Å². The molecule has 0 aliphatic heterocycles. The molecule has 0 aliphatic carbocycles. The first-order valence-corrected chi connectivity index (χ1v) is 23.6. The Morgan fingerprint density at radius 3 is 1.07 bits per heavy atom. The second-order valence-corrected chi connectivity index (χ2v) is 14.3. The van der Waals surface area contributed by atoms with E-state index in [1.165, 1.54) is 135 Å². The minimum Gasteiger partial charge on any atom is -0.320 e. The van der Waals surface area contributed by atoms with Crippen LogP contribution in [-0.4, -0.2) is 85.1 Å². The van der Waals surface area contributed by atoms with Crippen LogP contribution in [0.2, 0.25) is 0 Å². The molecule has 0 bridgehead atoms. The molecule has 2 unspecified atom stereocenters. The molecule has 0 amide bonds. The summed E-state index contributed by atoms with van der Waals surface area (Å²) >= 11 is 0. The molecule has 7 nitrogen and oxygen atoms in total. The number of benzene rings is 1. The first-order chi connectivity index (χ1) is 26.7. The predicted octanol–water partition coefficient (Wildman–Crippen LogP) is 11.3. The Kier molecular flexibility index (Phi) is 84.6. The third kappa shape index (κ3) is 86.1. The highest BCUT2D eigenvalue weighted by molar-refractivity contribution is 5.14. The fourth-order valence-corrected chi connectivity index (χ4v) is 4.14. The van der Waals surface area contributed by atoms with Gasteiger partial charge in [0, 0.05) is 18.6 Å². The van der Waals surface area contributed by atoms with Crippen LogP contribution in [0.15, 0.2) is 30.3 Å². The third-order valence-corrected chi connectivity index (χ3v) is 8.18. The lowest BCUT2D eigenvalue weighted by atomic mass is 10.2. The summed E-state index contributed by atoms with van der Waals surface area (Å²) in [5, 5.41) is 22.9. The summed E-state index contributed by atoms with van der Waals surface area (Å²) in [6, 6.07) is 11.9. The van der Waals surface area contributed by atoms with E-state index in [9.17, 15) is 0 Å². The minimum atomic E-state index is 0.681. The SMILES string of the molecule is CCC(C)NC(C)CC.CCCCNC.CCCCNCC.CCCCNCCCC.CCCCNCc1ccccc1.CCCNC.CCCNCCC. The Balaban J connectivity index is -0.000000130. The van der Waals surface area contributed by atoms with Crippen LogP contribution >= 0.6 is 0 Å². The smallest absolute Gasteiger partial charge is 0.0205 e. The van der Waals surface area contributed by atoms with E-state index in [-0.39, 0.29) is 0 Å². The fourth-order valence-electron chi connectivity index (χ4n) is 4.14. The monoisotopic (exact) mass is 784 g/mol. The molecule has 1 aromatic carbocycles. The van der Waals surface area contributed by atoms with Gasteiger partial charge in [-0.05, 0) is 157 Å². The van der Waals surface area contributed by atoms with Crippen LogP contribution in [0.3, 0.4) is 0 Å². The summed E-state index contributed by atoms with van der Waals surface area (Å²) < 4.78 is 0. The zero-order chi connectivity index (χ0) is 42.9. The van der Waals surface area contributed by atoms with Gasteiger partial charge >= 0.3 is 0 Å². The van der Waals surface area contributed by atoms with Crippen LogP contribution in [0, 0.1) is 0 Å². The maximum atomic E-state index is 3.48. The van der Waals surface area contributed by atoms with Gasteiger partial charge in [-0.15, -0.1) is 0 Å². The number of unbranched alkanes of at least 4 members (excludes halogenated alkanes) is 5. The quantitative estimate of drug-likeness (QED) is 0.0426. The van der Waals surface area contributed by atoms with Crippen molar-refractivity contribution in [3.8, 4) is 0 Å². The van der Waals surface area contributed by atoms with Crippen molar-refractivity contribution in [3.05, 3.63) is 35.9 Å². The van der Waals surface area contributed by atoms with Gasteiger partial charge in [0.25, 0.3) is 0 Å². The van der Waals surface area contributed by atoms with E-state index in [0.717, 1.165) is 32.7 Å². The number of hydrogen-bond acceptors (Lipinski definition) is 7. The summed E-state index contributed by atoms with van der Waals surface area (Å²) in [4.78, 5) is 0. The van der Waals surface area contributed by atoms with E-state index in [2.05, 4.69) is 158 Å². The summed E-state index contributed by atoms with van der Waals surface area (Å²) in [5.74, 6) is 0. The van der Waals surface area contributed by atoms with Gasteiger partial charge in [0.1, 0.15) is 0 Å². The maximum Gasteiger partial charge on any atom is 0.0205 e. The zero-order valence-corrected chi connectivity index (χ0v) is 40.7. The van der Waals surface area contributed by atoms with Gasteiger partial charge in [0.2, 0.25) is 0 Å². The summed E-state index contributed by atoms with van der Waals surface area (Å²) in [6.45, 7) is 40.1. The highest BCUT2D eigenvalue weighted by Gasteiger charge is 2.01. The van der Waals surface area contributed by atoms with Gasteiger partial charge in [0.05, 0.1) is 0 Å². The van der Waals surface area contributed by atoms with E-state index in [4.69, 9.17) is 0 Å². The molecule has 0 saturated carbocycles. The van der Waals surface area contributed by atoms with Crippen LogP contribution in [0.1, 0.15) is 192 Å². The molecule has 1 rings (SSSR count). The van der Waals surface area contributed by atoms with Crippen molar-refractivity contribution in [1.29, 1.82) is 0 Å². The largest absolute Gasteiger partial charge is 0.320 e. The van der Waals surface area contributed by atoms with Gasteiger partial charge in [0.15, 0.2) is 0 Å². The Morgan fingerprint density at radius 2 is 0.764 bits per heavy atom. The van der Waals surface area contributed by atoms with Crippen LogP contribution in [0.25, 0.3) is 0 Å². The second kappa shape index (κ2) is 70.7. The molecule has 0 aliphatic rings. The Labute approximate surface area is 350 Å². The Bertz CT molecular complexity index is 625. The predicted molar refractivity (Wildman–Crippen MR) is 258 cm³/mol. The molecule has 0 saturated heterocycles. The normalized spacial score (nSPS) is 10.8. The van der Waals surface area contributed by atoms with E-state index in [1.807, 2.05) is 14.1 Å². The average molecular weight is 784 g/mol. The van der Waals surface area contributed by atoms with E-state index < -0.39 is 0 Å². The molecular formula is C48H109N7. The molecule has 1 aromatic rings. The first-order valence-electron chi connectivity index (χ1n) is 23.6. The molecule has 336 valence electrons. The minimum absolute atomic E-state index is 0.681. The van der Waals surface area contributed by atoms with Crippen molar-refractivity contribution in [2.45, 2.75) is 205 Å². The first kappa shape index (κ1) is 65.8. The van der Waals surface area contributed by atoms with Crippen LogP contribution in [-0.2, 0) is 6.54 Å². The molecule has 7 heteroatoms. The summed E-state index contributed by atoms with van der Waals surface area (Å²) in [6.07, 6.45) is 19.2. The summed E-state index contributed by atoms with van der Waals surface area (Å²) in [7, 11) is 3.94. The molecule has 0 aromatic heterocycles. The molecule has 7 N–H and O–H groups in total. The lowest BCUT2D eigenvalue weighted by molar-refractivity contribution is 0.449. The average Bonchev–Trinajstić information content (AvgIpc) is 3.21. The Morgan fingerprint density at radius 1 is 0.400 bits per heavy atom.